The molecular weight excluding hydrogens is 334 g/mol. The average Bonchev–Trinajstić information content (AvgIpc) is 2.78. The molecule has 0 saturated carbocycles. The highest BCUT2D eigenvalue weighted by atomic mass is 79.9. The van der Waals surface area contributed by atoms with E-state index in [1.54, 1.807) is 30.0 Å². The first kappa shape index (κ1) is 14.6. The molecular formula is C13H15BrClNO3. The number of aliphatic hydroxyl groups is 1. The maximum absolute atomic E-state index is 12.1. The number of likely N-dealkylation sites (tertiary alicyclic amines) is 1. The number of aliphatic hydroxyl groups excluding tert-OH is 1. The standard InChI is InChI=1S/C13H15BrClNO3/c1-8(13(18)16-5-4-10(17)7-16)19-12-3-2-9(15)6-11(12)14/h2-3,6,8,10,17H,4-5,7H2,1H3. The predicted octanol–water partition coefficient (Wildman–Crippen LogP) is 2.46. The summed E-state index contributed by atoms with van der Waals surface area (Å²) in [6.45, 7) is 2.66. The second-order valence-corrected chi connectivity index (χ2v) is 5.85. The lowest BCUT2D eigenvalue weighted by molar-refractivity contribution is -0.137. The Balaban J connectivity index is 2.00. The van der Waals surface area contributed by atoms with E-state index >= 15 is 0 Å². The number of benzene rings is 1. The summed E-state index contributed by atoms with van der Waals surface area (Å²) in [5.41, 5.74) is 0. The number of halogens is 2. The van der Waals surface area contributed by atoms with E-state index in [1.165, 1.54) is 0 Å². The van der Waals surface area contributed by atoms with Gasteiger partial charge in [0.1, 0.15) is 5.75 Å². The highest BCUT2D eigenvalue weighted by Gasteiger charge is 2.29. The van der Waals surface area contributed by atoms with Crippen LogP contribution in [0, 0.1) is 0 Å². The third kappa shape index (κ3) is 3.61. The summed E-state index contributed by atoms with van der Waals surface area (Å²) in [6.07, 6.45) is -0.385. The molecule has 1 amide bonds. The molecule has 0 radical (unpaired) electrons. The minimum atomic E-state index is -0.595. The van der Waals surface area contributed by atoms with Crippen LogP contribution >= 0.6 is 27.5 Å². The van der Waals surface area contributed by atoms with Crippen molar-refractivity contribution in [2.75, 3.05) is 13.1 Å². The minimum absolute atomic E-state index is 0.113. The maximum atomic E-state index is 12.1. The van der Waals surface area contributed by atoms with E-state index < -0.39 is 12.2 Å². The molecule has 1 aliphatic heterocycles. The van der Waals surface area contributed by atoms with Crippen molar-refractivity contribution in [3.8, 4) is 5.75 Å². The molecule has 1 saturated heterocycles. The van der Waals surface area contributed by atoms with Gasteiger partial charge in [-0.3, -0.25) is 4.79 Å². The molecule has 2 rings (SSSR count). The van der Waals surface area contributed by atoms with E-state index in [0.717, 1.165) is 0 Å². The van der Waals surface area contributed by atoms with Crippen LogP contribution < -0.4 is 4.74 Å². The van der Waals surface area contributed by atoms with Crippen LogP contribution in [0.3, 0.4) is 0 Å². The zero-order chi connectivity index (χ0) is 14.0. The second kappa shape index (κ2) is 6.11. The van der Waals surface area contributed by atoms with Crippen LogP contribution in [0.25, 0.3) is 0 Å². The van der Waals surface area contributed by atoms with Crippen molar-refractivity contribution in [3.63, 3.8) is 0 Å². The summed E-state index contributed by atoms with van der Waals surface area (Å²) in [4.78, 5) is 13.7. The fourth-order valence-electron chi connectivity index (χ4n) is 2.01. The number of β-amino-alcohol motifs (C(OH)–C–C–N with tert-alkyl or cyclic N) is 1. The SMILES string of the molecule is CC(Oc1ccc(Cl)cc1Br)C(=O)N1CCC(O)C1. The lowest BCUT2D eigenvalue weighted by Gasteiger charge is -2.21. The van der Waals surface area contributed by atoms with Gasteiger partial charge in [-0.15, -0.1) is 0 Å². The molecule has 104 valence electrons. The van der Waals surface area contributed by atoms with Crippen molar-refractivity contribution in [1.82, 2.24) is 4.90 Å². The Morgan fingerprint density at radius 3 is 2.95 bits per heavy atom. The Bertz CT molecular complexity index is 483. The van der Waals surface area contributed by atoms with Crippen LogP contribution in [0.5, 0.6) is 5.75 Å². The van der Waals surface area contributed by atoms with Crippen molar-refractivity contribution in [2.45, 2.75) is 25.6 Å². The second-order valence-electron chi connectivity index (χ2n) is 4.56. The molecule has 1 fully saturated rings. The van der Waals surface area contributed by atoms with E-state index in [1.807, 2.05) is 0 Å². The van der Waals surface area contributed by atoms with Crippen molar-refractivity contribution in [3.05, 3.63) is 27.7 Å². The monoisotopic (exact) mass is 347 g/mol. The third-order valence-electron chi connectivity index (χ3n) is 3.02. The smallest absolute Gasteiger partial charge is 0.263 e. The van der Waals surface area contributed by atoms with Crippen molar-refractivity contribution in [1.29, 1.82) is 0 Å². The molecule has 6 heteroatoms. The molecule has 1 aromatic carbocycles. The van der Waals surface area contributed by atoms with Gasteiger partial charge in [0.25, 0.3) is 5.91 Å². The van der Waals surface area contributed by atoms with Crippen LogP contribution in [0.1, 0.15) is 13.3 Å². The van der Waals surface area contributed by atoms with Gasteiger partial charge in [0.05, 0.1) is 10.6 Å². The molecule has 1 aliphatic rings. The number of hydrogen-bond acceptors (Lipinski definition) is 3. The van der Waals surface area contributed by atoms with Gasteiger partial charge in [-0.05, 0) is 47.5 Å². The van der Waals surface area contributed by atoms with Gasteiger partial charge in [-0.25, -0.2) is 0 Å². The number of carbonyl (C=O) groups excluding carboxylic acids is 1. The summed E-state index contributed by atoms with van der Waals surface area (Å²) in [5.74, 6) is 0.461. The lowest BCUT2D eigenvalue weighted by Crippen LogP contribution is -2.39. The first-order valence-electron chi connectivity index (χ1n) is 6.06. The highest BCUT2D eigenvalue weighted by molar-refractivity contribution is 9.10. The zero-order valence-corrected chi connectivity index (χ0v) is 12.8. The Kier molecular flexibility index (Phi) is 4.71. The Morgan fingerprint density at radius 1 is 1.63 bits per heavy atom. The number of nitrogens with zero attached hydrogens (tertiary/aromatic N) is 1. The highest BCUT2D eigenvalue weighted by Crippen LogP contribution is 2.29. The number of carbonyl (C=O) groups is 1. The minimum Gasteiger partial charge on any atom is -0.480 e. The normalized spacial score (nSPS) is 20.4. The van der Waals surface area contributed by atoms with Crippen molar-refractivity contribution >= 4 is 33.4 Å². The molecule has 1 N–H and O–H groups in total. The zero-order valence-electron chi connectivity index (χ0n) is 10.5. The van der Waals surface area contributed by atoms with Gasteiger partial charge in [0.15, 0.2) is 6.10 Å². The molecule has 2 unspecified atom stereocenters. The summed E-state index contributed by atoms with van der Waals surface area (Å²) < 4.78 is 6.34. The summed E-state index contributed by atoms with van der Waals surface area (Å²) >= 11 is 9.19. The summed E-state index contributed by atoms with van der Waals surface area (Å²) in [5, 5.41) is 10.0. The lowest BCUT2D eigenvalue weighted by atomic mass is 10.3. The average molecular weight is 349 g/mol. The van der Waals surface area contributed by atoms with Crippen LogP contribution in [-0.2, 0) is 4.79 Å². The van der Waals surface area contributed by atoms with E-state index in [-0.39, 0.29) is 5.91 Å². The fourth-order valence-corrected chi connectivity index (χ4v) is 2.79. The summed E-state index contributed by atoms with van der Waals surface area (Å²) in [7, 11) is 0. The van der Waals surface area contributed by atoms with Crippen molar-refractivity contribution in [2.24, 2.45) is 0 Å². The van der Waals surface area contributed by atoms with Gasteiger partial charge in [0.2, 0.25) is 0 Å². The van der Waals surface area contributed by atoms with Gasteiger partial charge in [-0.1, -0.05) is 11.6 Å². The maximum Gasteiger partial charge on any atom is 0.263 e. The van der Waals surface area contributed by atoms with E-state index in [9.17, 15) is 9.90 Å². The van der Waals surface area contributed by atoms with E-state index in [0.29, 0.717) is 34.8 Å². The molecule has 19 heavy (non-hydrogen) atoms. The van der Waals surface area contributed by atoms with E-state index in [2.05, 4.69) is 15.9 Å². The first-order valence-corrected chi connectivity index (χ1v) is 7.23. The largest absolute Gasteiger partial charge is 0.480 e. The van der Waals surface area contributed by atoms with Gasteiger partial charge < -0.3 is 14.7 Å². The molecule has 0 aromatic heterocycles. The van der Waals surface area contributed by atoms with Gasteiger partial charge >= 0.3 is 0 Å². The Hall–Kier alpha value is -0.780. The van der Waals surface area contributed by atoms with Gasteiger partial charge in [-0.2, -0.15) is 0 Å². The quantitative estimate of drug-likeness (QED) is 0.913. The molecule has 0 aliphatic carbocycles. The number of amides is 1. The van der Waals surface area contributed by atoms with E-state index in [4.69, 9.17) is 16.3 Å². The molecule has 1 aromatic rings. The van der Waals surface area contributed by atoms with Crippen LogP contribution in [0.2, 0.25) is 5.02 Å². The third-order valence-corrected chi connectivity index (χ3v) is 3.88. The Morgan fingerprint density at radius 2 is 2.37 bits per heavy atom. The topological polar surface area (TPSA) is 49.8 Å². The number of hydrogen-bond donors (Lipinski definition) is 1. The first-order chi connectivity index (χ1) is 8.97. The molecule has 2 atom stereocenters. The summed E-state index contributed by atoms with van der Waals surface area (Å²) in [6, 6.07) is 5.14. The number of rotatable bonds is 3. The van der Waals surface area contributed by atoms with Crippen LogP contribution in [0.15, 0.2) is 22.7 Å². The fraction of sp³-hybridized carbons (Fsp3) is 0.462. The molecule has 0 bridgehead atoms. The van der Waals surface area contributed by atoms with Gasteiger partial charge in [0, 0.05) is 18.1 Å². The van der Waals surface area contributed by atoms with Crippen molar-refractivity contribution < 1.29 is 14.6 Å². The van der Waals surface area contributed by atoms with Crippen LogP contribution in [-0.4, -0.2) is 41.2 Å². The van der Waals surface area contributed by atoms with Crippen LogP contribution in [0.4, 0.5) is 0 Å². The Labute approximate surface area is 125 Å². The molecule has 0 spiro atoms. The number of ether oxygens (including phenoxy) is 1. The predicted molar refractivity (Wildman–Crippen MR) is 76.4 cm³/mol. The molecule has 1 heterocycles. The molecule has 4 nitrogen and oxygen atoms in total.